The van der Waals surface area contributed by atoms with E-state index in [1.807, 2.05) is 0 Å². The minimum absolute atomic E-state index is 0.0273. The van der Waals surface area contributed by atoms with Gasteiger partial charge >= 0.3 is 5.97 Å². The number of rotatable bonds is 8. The van der Waals surface area contributed by atoms with Crippen LogP contribution < -0.4 is 21.5 Å². The number of pyridine rings is 1. The zero-order chi connectivity index (χ0) is 20.5. The summed E-state index contributed by atoms with van der Waals surface area (Å²) in [6, 6.07) is 9.24. The van der Waals surface area contributed by atoms with E-state index in [4.69, 9.17) is 21.3 Å². The molecule has 0 aliphatic rings. The lowest BCUT2D eigenvalue weighted by atomic mass is 10.3. The van der Waals surface area contributed by atoms with Crippen LogP contribution in [-0.4, -0.2) is 46.3 Å². The van der Waals surface area contributed by atoms with Gasteiger partial charge in [-0.1, -0.05) is 12.1 Å². The number of nitrogen functional groups attached to an aromatic ring is 1. The first kappa shape index (κ1) is 20.9. The van der Waals surface area contributed by atoms with Gasteiger partial charge in [0.05, 0.1) is 6.61 Å². The molecule has 0 aliphatic heterocycles. The molecule has 0 saturated heterocycles. The Bertz CT molecular complexity index is 873. The Labute approximate surface area is 160 Å². The van der Waals surface area contributed by atoms with Crippen molar-refractivity contribution in [2.45, 2.75) is 12.5 Å². The molecule has 0 radical (unpaired) electrons. The largest absolute Gasteiger partial charge is 0.422 e. The molecule has 1 heterocycles. The maximum absolute atomic E-state index is 11.6. The molecule has 11 heteroatoms. The number of nitrogens with two attached hydrogens (primary N) is 2. The monoisotopic (exact) mass is 388 g/mol. The summed E-state index contributed by atoms with van der Waals surface area (Å²) in [4.78, 5) is 27.2. The van der Waals surface area contributed by atoms with E-state index < -0.39 is 18.7 Å². The Morgan fingerprint density at radius 2 is 1.89 bits per heavy atom. The van der Waals surface area contributed by atoms with Crippen molar-refractivity contribution in [1.82, 2.24) is 4.98 Å². The molecule has 7 N–H and O–H groups in total. The van der Waals surface area contributed by atoms with Crippen molar-refractivity contribution in [1.29, 1.82) is 0 Å². The van der Waals surface area contributed by atoms with Gasteiger partial charge in [0, 0.05) is 13.0 Å². The van der Waals surface area contributed by atoms with Crippen molar-refractivity contribution >= 4 is 34.9 Å². The second kappa shape index (κ2) is 10.1. The topological polar surface area (TPSA) is 186 Å². The molecule has 1 aromatic carbocycles. The van der Waals surface area contributed by atoms with E-state index in [1.165, 1.54) is 24.3 Å². The lowest BCUT2D eigenvalue weighted by Gasteiger charge is -2.09. The molecule has 1 amide bonds. The highest BCUT2D eigenvalue weighted by molar-refractivity contribution is 5.90. The summed E-state index contributed by atoms with van der Waals surface area (Å²) in [7, 11) is 0. The summed E-state index contributed by atoms with van der Waals surface area (Å²) in [5.41, 5.74) is 11.6. The molecule has 0 fully saturated rings. The van der Waals surface area contributed by atoms with Gasteiger partial charge in [0.2, 0.25) is 5.91 Å². The van der Waals surface area contributed by atoms with Gasteiger partial charge in [-0.3, -0.25) is 4.79 Å². The van der Waals surface area contributed by atoms with Crippen molar-refractivity contribution in [3.05, 3.63) is 36.4 Å². The van der Waals surface area contributed by atoms with Crippen LogP contribution in [0.15, 0.2) is 46.6 Å². The van der Waals surface area contributed by atoms with E-state index >= 15 is 0 Å². The maximum atomic E-state index is 11.6. The van der Waals surface area contributed by atoms with E-state index in [9.17, 15) is 14.7 Å². The summed E-state index contributed by atoms with van der Waals surface area (Å²) in [5, 5.41) is 28.6. The highest BCUT2D eigenvalue weighted by Crippen LogP contribution is 2.30. The highest BCUT2D eigenvalue weighted by Gasteiger charge is 2.17. The van der Waals surface area contributed by atoms with Gasteiger partial charge < -0.3 is 31.7 Å². The van der Waals surface area contributed by atoms with Gasteiger partial charge in [-0.05, 0) is 24.3 Å². The molecule has 11 nitrogen and oxygen atoms in total. The molecule has 1 atom stereocenters. The van der Waals surface area contributed by atoms with Crippen LogP contribution >= 0.6 is 0 Å². The molecule has 148 valence electrons. The van der Waals surface area contributed by atoms with Crippen LogP contribution in [0.4, 0.5) is 23.0 Å². The number of para-hydroxylation sites is 1. The number of nitrogens with one attached hydrogen (secondary N) is 1. The van der Waals surface area contributed by atoms with Gasteiger partial charge in [0.15, 0.2) is 17.7 Å². The third-order valence-electron chi connectivity index (χ3n) is 3.33. The van der Waals surface area contributed by atoms with Gasteiger partial charge in [-0.25, -0.2) is 9.78 Å². The van der Waals surface area contributed by atoms with E-state index in [0.717, 1.165) is 0 Å². The van der Waals surface area contributed by atoms with E-state index in [1.54, 1.807) is 12.1 Å². The van der Waals surface area contributed by atoms with E-state index in [0.29, 0.717) is 0 Å². The number of aromatic nitrogens is 1. The number of carbonyl (C=O) groups excluding carboxylic acids is 2. The number of benzene rings is 1. The Hall–Kier alpha value is -3.41. The minimum Gasteiger partial charge on any atom is -0.422 e. The van der Waals surface area contributed by atoms with Crippen molar-refractivity contribution < 1.29 is 24.5 Å². The van der Waals surface area contributed by atoms with Crippen molar-refractivity contribution in [2.75, 3.05) is 24.2 Å². The number of aliphatic hydroxyl groups excluding tert-OH is 2. The van der Waals surface area contributed by atoms with Crippen LogP contribution in [0.5, 0.6) is 5.75 Å². The number of carbonyl (C=O) groups is 2. The third kappa shape index (κ3) is 5.81. The molecule has 0 saturated carbocycles. The Balaban J connectivity index is 2.15. The van der Waals surface area contributed by atoms with Crippen LogP contribution in [0.25, 0.3) is 0 Å². The SMILES string of the molecule is NCCC(=O)Nc1ccc(N=Nc2ccccc2OC(=O)[C@@H](O)CO)c(N)n1. The van der Waals surface area contributed by atoms with Gasteiger partial charge in [0.25, 0.3) is 0 Å². The fourth-order valence-electron chi connectivity index (χ4n) is 1.94. The molecule has 28 heavy (non-hydrogen) atoms. The summed E-state index contributed by atoms with van der Waals surface area (Å²) in [6.45, 7) is -0.550. The quantitative estimate of drug-likeness (QED) is 0.247. The minimum atomic E-state index is -1.66. The predicted molar refractivity (Wildman–Crippen MR) is 100 cm³/mol. The number of aliphatic hydroxyl groups is 2. The summed E-state index contributed by atoms with van der Waals surface area (Å²) in [6.07, 6.45) is -1.50. The Morgan fingerprint density at radius 3 is 2.57 bits per heavy atom. The average molecular weight is 388 g/mol. The fourth-order valence-corrected chi connectivity index (χ4v) is 1.94. The van der Waals surface area contributed by atoms with E-state index in [2.05, 4.69) is 20.5 Å². The molecular weight excluding hydrogens is 368 g/mol. The summed E-state index contributed by atoms with van der Waals surface area (Å²) < 4.78 is 5.00. The Kier molecular flexibility index (Phi) is 7.51. The van der Waals surface area contributed by atoms with Crippen LogP contribution in [0.1, 0.15) is 6.42 Å². The van der Waals surface area contributed by atoms with Gasteiger partial charge in [-0.15, -0.1) is 10.2 Å². The number of amides is 1. The summed E-state index contributed by atoms with van der Waals surface area (Å²) in [5.74, 6) is -0.990. The first-order valence-corrected chi connectivity index (χ1v) is 8.22. The smallest absolute Gasteiger partial charge is 0.342 e. The molecule has 0 unspecified atom stereocenters. The number of hydrogen-bond donors (Lipinski definition) is 5. The normalized spacial score (nSPS) is 12.0. The van der Waals surface area contributed by atoms with Crippen LogP contribution in [0.3, 0.4) is 0 Å². The Morgan fingerprint density at radius 1 is 1.18 bits per heavy atom. The second-order valence-corrected chi connectivity index (χ2v) is 5.47. The zero-order valence-corrected chi connectivity index (χ0v) is 14.8. The lowest BCUT2D eigenvalue weighted by molar-refractivity contribution is -0.145. The van der Waals surface area contributed by atoms with Crippen molar-refractivity contribution in [3.63, 3.8) is 0 Å². The van der Waals surface area contributed by atoms with E-state index in [-0.39, 0.29) is 47.6 Å². The number of ether oxygens (including phenoxy) is 1. The molecule has 0 spiro atoms. The first-order chi connectivity index (χ1) is 13.4. The van der Waals surface area contributed by atoms with Crippen molar-refractivity contribution in [2.24, 2.45) is 16.0 Å². The number of esters is 1. The first-order valence-electron chi connectivity index (χ1n) is 8.22. The maximum Gasteiger partial charge on any atom is 0.342 e. The standard InChI is InChI=1S/C17H20N6O5/c18-8-7-15(26)20-14-6-5-11(16(19)21-14)23-22-10-3-1-2-4-13(10)28-17(27)12(25)9-24/h1-6,12,24-25H,7-9,18H2,(H3,19,20,21,26)/t12-/m0/s1. The predicted octanol–water partition coefficient (Wildman–Crippen LogP) is 0.625. The number of nitrogens with zero attached hydrogens (tertiary/aromatic N) is 3. The fraction of sp³-hybridized carbons (Fsp3) is 0.235. The number of hydrogen-bond acceptors (Lipinski definition) is 10. The third-order valence-corrected chi connectivity index (χ3v) is 3.33. The summed E-state index contributed by atoms with van der Waals surface area (Å²) >= 11 is 0. The number of azo groups is 1. The molecule has 0 bridgehead atoms. The molecule has 2 rings (SSSR count). The highest BCUT2D eigenvalue weighted by atomic mass is 16.6. The lowest BCUT2D eigenvalue weighted by Crippen LogP contribution is -2.28. The van der Waals surface area contributed by atoms with Gasteiger partial charge in [0.1, 0.15) is 17.2 Å². The second-order valence-electron chi connectivity index (χ2n) is 5.47. The van der Waals surface area contributed by atoms with Gasteiger partial charge in [-0.2, -0.15) is 0 Å². The molecule has 1 aromatic heterocycles. The molecule has 0 aliphatic carbocycles. The van der Waals surface area contributed by atoms with Crippen molar-refractivity contribution in [3.8, 4) is 5.75 Å². The molecular formula is C17H20N6O5. The molecule has 2 aromatic rings. The average Bonchev–Trinajstić information content (AvgIpc) is 2.67. The number of anilines is 2. The van der Waals surface area contributed by atoms with Crippen LogP contribution in [0, 0.1) is 0 Å². The zero-order valence-electron chi connectivity index (χ0n) is 14.8. The van der Waals surface area contributed by atoms with Crippen LogP contribution in [0.2, 0.25) is 0 Å². The van der Waals surface area contributed by atoms with Crippen LogP contribution in [-0.2, 0) is 9.59 Å².